The Bertz CT molecular complexity index is 1130. The number of ether oxygens (including phenoxy) is 1. The van der Waals surface area contributed by atoms with Gasteiger partial charge in [0.25, 0.3) is 5.91 Å². The molecule has 0 spiro atoms. The number of anilines is 1. The fourth-order valence-corrected chi connectivity index (χ4v) is 4.25. The molecular formula is C22H22N4O2S. The van der Waals surface area contributed by atoms with Crippen LogP contribution < -0.4 is 9.64 Å². The molecule has 2 aromatic carbocycles. The van der Waals surface area contributed by atoms with Crippen LogP contribution in [-0.2, 0) is 13.6 Å². The summed E-state index contributed by atoms with van der Waals surface area (Å²) in [7, 11) is 1.78. The van der Waals surface area contributed by atoms with Crippen molar-refractivity contribution in [2.24, 2.45) is 7.05 Å². The molecule has 0 aliphatic heterocycles. The van der Waals surface area contributed by atoms with Crippen molar-refractivity contribution < 1.29 is 9.53 Å². The zero-order valence-corrected chi connectivity index (χ0v) is 17.4. The number of nitrogens with zero attached hydrogens (tertiary/aromatic N) is 4. The molecule has 0 N–H and O–H groups in total. The second-order valence-corrected chi connectivity index (χ2v) is 7.72. The average molecular weight is 407 g/mol. The number of rotatable bonds is 6. The molecule has 0 atom stereocenters. The molecule has 2 heterocycles. The van der Waals surface area contributed by atoms with E-state index in [2.05, 4.69) is 5.10 Å². The lowest BCUT2D eigenvalue weighted by molar-refractivity contribution is 0.0975. The molecule has 1 amide bonds. The Hall–Kier alpha value is -3.19. The van der Waals surface area contributed by atoms with Crippen molar-refractivity contribution in [3.63, 3.8) is 0 Å². The summed E-state index contributed by atoms with van der Waals surface area (Å²) < 4.78 is 8.33. The van der Waals surface area contributed by atoms with Crippen LogP contribution >= 0.6 is 11.3 Å². The van der Waals surface area contributed by atoms with Crippen LogP contribution in [0.25, 0.3) is 10.2 Å². The van der Waals surface area contributed by atoms with E-state index >= 15 is 0 Å². The van der Waals surface area contributed by atoms with Crippen LogP contribution in [0, 0.1) is 6.92 Å². The number of hydrogen-bond donors (Lipinski definition) is 0. The molecule has 29 heavy (non-hydrogen) atoms. The maximum atomic E-state index is 13.5. The van der Waals surface area contributed by atoms with Crippen molar-refractivity contribution >= 4 is 32.6 Å². The van der Waals surface area contributed by atoms with Gasteiger partial charge in [-0.25, -0.2) is 4.98 Å². The number of amides is 1. The zero-order valence-electron chi connectivity index (χ0n) is 16.6. The van der Waals surface area contributed by atoms with Crippen LogP contribution in [-0.4, -0.2) is 27.3 Å². The number of carbonyl (C=O) groups excluding carboxylic acids is 1. The van der Waals surface area contributed by atoms with E-state index in [9.17, 15) is 4.79 Å². The van der Waals surface area contributed by atoms with E-state index in [1.165, 1.54) is 11.3 Å². The first-order valence-corrected chi connectivity index (χ1v) is 10.3. The Morgan fingerprint density at radius 3 is 2.66 bits per heavy atom. The van der Waals surface area contributed by atoms with Gasteiger partial charge in [-0.3, -0.25) is 14.4 Å². The van der Waals surface area contributed by atoms with Gasteiger partial charge in [-0.15, -0.1) is 0 Å². The van der Waals surface area contributed by atoms with E-state index in [0.717, 1.165) is 27.1 Å². The predicted octanol–water partition coefficient (Wildman–Crippen LogP) is 4.58. The zero-order chi connectivity index (χ0) is 20.4. The number of benzene rings is 2. The van der Waals surface area contributed by atoms with E-state index in [0.29, 0.717) is 24.0 Å². The minimum atomic E-state index is -0.122. The van der Waals surface area contributed by atoms with Crippen molar-refractivity contribution in [2.75, 3.05) is 11.5 Å². The molecular weight excluding hydrogens is 384 g/mol. The van der Waals surface area contributed by atoms with Gasteiger partial charge in [0.05, 0.1) is 24.0 Å². The van der Waals surface area contributed by atoms with Crippen molar-refractivity contribution in [3.8, 4) is 5.75 Å². The first kappa shape index (κ1) is 19.1. The Morgan fingerprint density at radius 1 is 1.17 bits per heavy atom. The van der Waals surface area contributed by atoms with Gasteiger partial charge >= 0.3 is 0 Å². The van der Waals surface area contributed by atoms with Gasteiger partial charge in [0.15, 0.2) is 5.13 Å². The monoisotopic (exact) mass is 406 g/mol. The third kappa shape index (κ3) is 3.73. The number of para-hydroxylation sites is 1. The van der Waals surface area contributed by atoms with Gasteiger partial charge in [0.1, 0.15) is 17.0 Å². The van der Waals surface area contributed by atoms with Crippen LogP contribution in [0.2, 0.25) is 0 Å². The molecule has 0 saturated carbocycles. The van der Waals surface area contributed by atoms with Crippen molar-refractivity contribution in [1.29, 1.82) is 0 Å². The largest absolute Gasteiger partial charge is 0.492 e. The summed E-state index contributed by atoms with van der Waals surface area (Å²) in [5.74, 6) is 0.611. The van der Waals surface area contributed by atoms with Crippen LogP contribution in [0.15, 0.2) is 54.7 Å². The topological polar surface area (TPSA) is 60.2 Å². The lowest BCUT2D eigenvalue weighted by Gasteiger charge is -2.20. The molecule has 0 bridgehead atoms. The molecule has 4 rings (SSSR count). The van der Waals surface area contributed by atoms with Crippen LogP contribution in [0.1, 0.15) is 28.5 Å². The first-order chi connectivity index (χ1) is 14.1. The average Bonchev–Trinajstić information content (AvgIpc) is 3.30. The predicted molar refractivity (Wildman–Crippen MR) is 116 cm³/mol. The highest BCUT2D eigenvalue weighted by Crippen LogP contribution is 2.35. The van der Waals surface area contributed by atoms with Gasteiger partial charge in [-0.05, 0) is 37.1 Å². The van der Waals surface area contributed by atoms with Gasteiger partial charge < -0.3 is 4.74 Å². The maximum Gasteiger partial charge on any atom is 0.278 e. The Balaban J connectivity index is 1.81. The third-order valence-corrected chi connectivity index (χ3v) is 5.70. The number of hydrogen-bond acceptors (Lipinski definition) is 5. The molecule has 7 heteroatoms. The SMILES string of the molecule is CCOc1cccc2sc(N(Cc3ccccc3)C(=O)c3c(C)cnn3C)nc12. The summed E-state index contributed by atoms with van der Waals surface area (Å²) in [6.07, 6.45) is 1.71. The molecule has 6 nitrogen and oxygen atoms in total. The van der Waals surface area contributed by atoms with Crippen LogP contribution in [0.5, 0.6) is 5.75 Å². The van der Waals surface area contributed by atoms with Crippen molar-refractivity contribution in [3.05, 3.63) is 71.5 Å². The lowest BCUT2D eigenvalue weighted by atomic mass is 10.2. The van der Waals surface area contributed by atoms with E-state index < -0.39 is 0 Å². The standard InChI is InChI=1S/C22H22N4O2S/c1-4-28-17-11-8-12-18-19(17)24-22(29-18)26(14-16-9-6-5-7-10-16)21(27)20-15(2)13-23-25(20)3/h5-13H,4,14H2,1-3H3. The van der Waals surface area contributed by atoms with E-state index in [1.54, 1.807) is 22.8 Å². The fourth-order valence-electron chi connectivity index (χ4n) is 3.27. The molecule has 0 fully saturated rings. The van der Waals surface area contributed by atoms with Gasteiger partial charge in [-0.1, -0.05) is 47.7 Å². The summed E-state index contributed by atoms with van der Waals surface area (Å²) in [5.41, 5.74) is 3.21. The van der Waals surface area contributed by atoms with Crippen molar-refractivity contribution in [2.45, 2.75) is 20.4 Å². The van der Waals surface area contributed by atoms with Crippen LogP contribution in [0.4, 0.5) is 5.13 Å². The second kappa shape index (κ2) is 8.05. The Labute approximate surface area is 173 Å². The second-order valence-electron chi connectivity index (χ2n) is 6.71. The lowest BCUT2D eigenvalue weighted by Crippen LogP contribution is -2.32. The Kier molecular flexibility index (Phi) is 5.31. The number of thiazole rings is 1. The minimum Gasteiger partial charge on any atom is -0.492 e. The van der Waals surface area contributed by atoms with E-state index in [1.807, 2.05) is 62.4 Å². The smallest absolute Gasteiger partial charge is 0.278 e. The molecule has 4 aromatic rings. The van der Waals surface area contributed by atoms with Gasteiger partial charge in [-0.2, -0.15) is 5.10 Å². The Morgan fingerprint density at radius 2 is 1.97 bits per heavy atom. The summed E-state index contributed by atoms with van der Waals surface area (Å²) in [5, 5.41) is 4.87. The molecule has 0 aliphatic rings. The third-order valence-electron chi connectivity index (χ3n) is 4.65. The highest BCUT2D eigenvalue weighted by atomic mass is 32.1. The van der Waals surface area contributed by atoms with Crippen LogP contribution in [0.3, 0.4) is 0 Å². The summed E-state index contributed by atoms with van der Waals surface area (Å²) >= 11 is 1.49. The molecule has 0 aliphatic carbocycles. The van der Waals surface area contributed by atoms with Gasteiger partial charge in [0, 0.05) is 7.05 Å². The first-order valence-electron chi connectivity index (χ1n) is 9.45. The highest BCUT2D eigenvalue weighted by Gasteiger charge is 2.26. The molecule has 0 radical (unpaired) electrons. The normalized spacial score (nSPS) is 11.0. The number of carbonyl (C=O) groups is 1. The molecule has 2 aromatic heterocycles. The quantitative estimate of drug-likeness (QED) is 0.470. The summed E-state index contributed by atoms with van der Waals surface area (Å²) in [4.78, 5) is 20.0. The maximum absolute atomic E-state index is 13.5. The van der Waals surface area contributed by atoms with E-state index in [4.69, 9.17) is 9.72 Å². The summed E-state index contributed by atoms with van der Waals surface area (Å²) in [6.45, 7) is 4.83. The highest BCUT2D eigenvalue weighted by molar-refractivity contribution is 7.22. The number of aromatic nitrogens is 3. The minimum absolute atomic E-state index is 0.122. The molecule has 0 saturated heterocycles. The fraction of sp³-hybridized carbons (Fsp3) is 0.227. The van der Waals surface area contributed by atoms with E-state index in [-0.39, 0.29) is 5.91 Å². The summed E-state index contributed by atoms with van der Waals surface area (Å²) in [6, 6.07) is 15.8. The van der Waals surface area contributed by atoms with Gasteiger partial charge in [0.2, 0.25) is 0 Å². The molecule has 148 valence electrons. The number of fused-ring (bicyclic) bond motifs is 1. The number of aryl methyl sites for hydroxylation is 2. The molecule has 0 unspecified atom stereocenters. The van der Waals surface area contributed by atoms with Crippen molar-refractivity contribution in [1.82, 2.24) is 14.8 Å².